The molecule has 4 heteroatoms. The molecule has 0 aromatic heterocycles. The lowest BCUT2D eigenvalue weighted by Gasteiger charge is -2.37. The summed E-state index contributed by atoms with van der Waals surface area (Å²) in [6.45, 7) is 9.09. The van der Waals surface area contributed by atoms with Crippen LogP contribution >= 0.6 is 0 Å². The molecule has 0 saturated carbocycles. The number of amides is 1. The first kappa shape index (κ1) is 18.3. The summed E-state index contributed by atoms with van der Waals surface area (Å²) in [5, 5.41) is 10.1. The number of hydrogen-bond acceptors (Lipinski definition) is 3. The summed E-state index contributed by atoms with van der Waals surface area (Å²) in [6.07, 6.45) is 7.33. The van der Waals surface area contributed by atoms with Crippen molar-refractivity contribution in [1.82, 2.24) is 4.90 Å². The van der Waals surface area contributed by atoms with Crippen molar-refractivity contribution in [3.05, 3.63) is 0 Å². The number of unbranched alkanes of at least 4 members (excludes halogenated alkanes) is 4. The predicted molar refractivity (Wildman–Crippen MR) is 85.3 cm³/mol. The topological polar surface area (TPSA) is 49.8 Å². The van der Waals surface area contributed by atoms with E-state index in [1.807, 2.05) is 20.8 Å². The SMILES string of the molecule is CCCCCCCC1CN(C(=O)OC(C)(C)C)CCC1O. The molecule has 2 unspecified atom stereocenters. The molecule has 1 fully saturated rings. The Balaban J connectivity index is 2.37. The molecule has 1 N–H and O–H groups in total. The minimum atomic E-state index is -0.456. The van der Waals surface area contributed by atoms with Gasteiger partial charge >= 0.3 is 6.09 Å². The molecule has 124 valence electrons. The molecule has 1 rings (SSSR count). The third-order valence-electron chi connectivity index (χ3n) is 4.02. The number of carbonyl (C=O) groups is 1. The molecule has 21 heavy (non-hydrogen) atoms. The van der Waals surface area contributed by atoms with E-state index in [1.54, 1.807) is 4.90 Å². The number of likely N-dealkylation sites (tertiary alicyclic amines) is 1. The van der Waals surface area contributed by atoms with Crippen LogP contribution < -0.4 is 0 Å². The van der Waals surface area contributed by atoms with E-state index in [-0.39, 0.29) is 18.1 Å². The van der Waals surface area contributed by atoms with Gasteiger partial charge in [-0.25, -0.2) is 4.79 Å². The van der Waals surface area contributed by atoms with Crippen molar-refractivity contribution in [3.8, 4) is 0 Å². The van der Waals surface area contributed by atoms with Gasteiger partial charge in [-0.15, -0.1) is 0 Å². The normalized spacial score (nSPS) is 23.2. The van der Waals surface area contributed by atoms with Crippen LogP contribution in [0.3, 0.4) is 0 Å². The number of nitrogens with zero attached hydrogens (tertiary/aromatic N) is 1. The summed E-state index contributed by atoms with van der Waals surface area (Å²) in [7, 11) is 0. The van der Waals surface area contributed by atoms with E-state index in [9.17, 15) is 9.90 Å². The summed E-state index contributed by atoms with van der Waals surface area (Å²) in [6, 6.07) is 0. The van der Waals surface area contributed by atoms with Gasteiger partial charge in [0.25, 0.3) is 0 Å². The number of carbonyl (C=O) groups excluding carboxylic acids is 1. The standard InChI is InChI=1S/C17H33NO3/c1-5-6-7-8-9-10-14-13-18(12-11-15(14)19)16(20)21-17(2,3)4/h14-15,19H,5-13H2,1-4H3. The lowest BCUT2D eigenvalue weighted by Crippen LogP contribution is -2.47. The monoisotopic (exact) mass is 299 g/mol. The number of hydrogen-bond donors (Lipinski definition) is 1. The summed E-state index contributed by atoms with van der Waals surface area (Å²) < 4.78 is 5.42. The van der Waals surface area contributed by atoms with E-state index >= 15 is 0 Å². The van der Waals surface area contributed by atoms with Crippen LogP contribution in [0.15, 0.2) is 0 Å². The van der Waals surface area contributed by atoms with Crippen LogP contribution in [0.1, 0.15) is 72.6 Å². The van der Waals surface area contributed by atoms with Crippen molar-refractivity contribution >= 4 is 6.09 Å². The average molecular weight is 299 g/mol. The highest BCUT2D eigenvalue weighted by atomic mass is 16.6. The molecule has 0 bridgehead atoms. The van der Waals surface area contributed by atoms with Crippen molar-refractivity contribution in [2.24, 2.45) is 5.92 Å². The molecule has 0 spiro atoms. The number of rotatable bonds is 6. The Morgan fingerprint density at radius 3 is 2.52 bits per heavy atom. The molecule has 0 aliphatic carbocycles. The molecule has 1 amide bonds. The van der Waals surface area contributed by atoms with Gasteiger partial charge in [-0.05, 0) is 33.6 Å². The first-order valence-corrected chi connectivity index (χ1v) is 8.49. The van der Waals surface area contributed by atoms with Crippen molar-refractivity contribution in [2.45, 2.75) is 84.3 Å². The Kier molecular flexibility index (Phi) is 7.50. The average Bonchev–Trinajstić information content (AvgIpc) is 2.38. The molecule has 1 saturated heterocycles. The van der Waals surface area contributed by atoms with Gasteiger partial charge in [0.2, 0.25) is 0 Å². The first-order valence-electron chi connectivity index (χ1n) is 8.49. The number of ether oxygens (including phenoxy) is 1. The van der Waals surface area contributed by atoms with Crippen molar-refractivity contribution in [3.63, 3.8) is 0 Å². The van der Waals surface area contributed by atoms with E-state index in [0.29, 0.717) is 19.5 Å². The van der Waals surface area contributed by atoms with Crippen LogP contribution in [0.25, 0.3) is 0 Å². The lowest BCUT2D eigenvalue weighted by atomic mass is 9.89. The highest BCUT2D eigenvalue weighted by Crippen LogP contribution is 2.24. The molecule has 4 nitrogen and oxygen atoms in total. The summed E-state index contributed by atoms with van der Waals surface area (Å²) in [5.41, 5.74) is -0.456. The van der Waals surface area contributed by atoms with Crippen LogP contribution in [0.5, 0.6) is 0 Å². The van der Waals surface area contributed by atoms with Crippen LogP contribution in [-0.4, -0.2) is 40.9 Å². The van der Waals surface area contributed by atoms with Gasteiger partial charge in [0, 0.05) is 19.0 Å². The van der Waals surface area contributed by atoms with Gasteiger partial charge < -0.3 is 14.7 Å². The van der Waals surface area contributed by atoms with Crippen LogP contribution in [0.2, 0.25) is 0 Å². The molecule has 1 heterocycles. The minimum Gasteiger partial charge on any atom is -0.444 e. The fraction of sp³-hybridized carbons (Fsp3) is 0.941. The van der Waals surface area contributed by atoms with Crippen molar-refractivity contribution in [1.29, 1.82) is 0 Å². The maximum atomic E-state index is 12.1. The molecule has 0 radical (unpaired) electrons. The Morgan fingerprint density at radius 1 is 1.24 bits per heavy atom. The maximum absolute atomic E-state index is 12.1. The zero-order chi connectivity index (χ0) is 15.9. The lowest BCUT2D eigenvalue weighted by molar-refractivity contribution is -0.0104. The van der Waals surface area contributed by atoms with E-state index in [2.05, 4.69) is 6.92 Å². The molecular weight excluding hydrogens is 266 g/mol. The van der Waals surface area contributed by atoms with E-state index in [0.717, 1.165) is 12.8 Å². The second-order valence-corrected chi connectivity index (χ2v) is 7.25. The second kappa shape index (κ2) is 8.62. The van der Waals surface area contributed by atoms with E-state index in [1.165, 1.54) is 25.7 Å². The third-order valence-corrected chi connectivity index (χ3v) is 4.02. The second-order valence-electron chi connectivity index (χ2n) is 7.25. The van der Waals surface area contributed by atoms with E-state index < -0.39 is 5.60 Å². The summed E-state index contributed by atoms with van der Waals surface area (Å²) in [5.74, 6) is 0.202. The molecule has 1 aliphatic rings. The van der Waals surface area contributed by atoms with Gasteiger partial charge in [0.1, 0.15) is 5.60 Å². The fourth-order valence-corrected chi connectivity index (χ4v) is 2.81. The van der Waals surface area contributed by atoms with Crippen LogP contribution in [0.4, 0.5) is 4.79 Å². The Labute approximate surface area is 129 Å². The van der Waals surface area contributed by atoms with Gasteiger partial charge in [0.15, 0.2) is 0 Å². The minimum absolute atomic E-state index is 0.202. The smallest absolute Gasteiger partial charge is 0.410 e. The molecular formula is C17H33NO3. The molecule has 0 aromatic rings. The van der Waals surface area contributed by atoms with Crippen LogP contribution in [-0.2, 0) is 4.74 Å². The Bertz CT molecular complexity index is 312. The highest BCUT2D eigenvalue weighted by Gasteiger charge is 2.32. The predicted octanol–water partition coefficient (Wildman–Crippen LogP) is 3.96. The number of aliphatic hydroxyl groups is 1. The molecule has 0 aromatic carbocycles. The third kappa shape index (κ3) is 7.16. The van der Waals surface area contributed by atoms with Crippen LogP contribution in [0, 0.1) is 5.92 Å². The molecule has 2 atom stereocenters. The quantitative estimate of drug-likeness (QED) is 0.755. The first-order chi connectivity index (χ1) is 9.83. The van der Waals surface area contributed by atoms with E-state index in [4.69, 9.17) is 4.74 Å². The van der Waals surface area contributed by atoms with Gasteiger partial charge in [-0.2, -0.15) is 0 Å². The van der Waals surface area contributed by atoms with Crippen molar-refractivity contribution in [2.75, 3.05) is 13.1 Å². The van der Waals surface area contributed by atoms with Gasteiger partial charge in [-0.1, -0.05) is 39.0 Å². The highest BCUT2D eigenvalue weighted by molar-refractivity contribution is 5.68. The largest absolute Gasteiger partial charge is 0.444 e. The summed E-state index contributed by atoms with van der Waals surface area (Å²) in [4.78, 5) is 13.9. The zero-order valence-electron chi connectivity index (χ0n) is 14.2. The van der Waals surface area contributed by atoms with Crippen molar-refractivity contribution < 1.29 is 14.6 Å². The number of piperidine rings is 1. The number of aliphatic hydroxyl groups excluding tert-OH is 1. The Morgan fingerprint density at radius 2 is 1.90 bits per heavy atom. The molecule has 1 aliphatic heterocycles. The summed E-state index contributed by atoms with van der Waals surface area (Å²) >= 11 is 0. The van der Waals surface area contributed by atoms with Gasteiger partial charge in [-0.3, -0.25) is 0 Å². The zero-order valence-corrected chi connectivity index (χ0v) is 14.2. The van der Waals surface area contributed by atoms with Gasteiger partial charge in [0.05, 0.1) is 6.10 Å². The maximum Gasteiger partial charge on any atom is 0.410 e. The Hall–Kier alpha value is -0.770. The fourth-order valence-electron chi connectivity index (χ4n) is 2.81.